The molecule has 11 nitrogen and oxygen atoms in total. The number of carbonyl (C=O) groups excluding carboxylic acids is 3. The molecule has 0 radical (unpaired) electrons. The minimum Gasteiger partial charge on any atom is -0.361 e. The molecule has 2 saturated heterocycles. The number of hydrogen-bond acceptors (Lipinski definition) is 7. The van der Waals surface area contributed by atoms with Gasteiger partial charge in [0.25, 0.3) is 5.91 Å². The quantitative estimate of drug-likeness (QED) is 0.341. The summed E-state index contributed by atoms with van der Waals surface area (Å²) in [5.74, 6) is 0.359. The Morgan fingerprint density at radius 1 is 1.17 bits per heavy atom. The van der Waals surface area contributed by atoms with Crippen LogP contribution < -0.4 is 16.0 Å². The zero-order valence-electron chi connectivity index (χ0n) is 24.3. The molecular formula is C29H36Cl2N8O3. The summed E-state index contributed by atoms with van der Waals surface area (Å²) in [5.41, 5.74) is 1.62. The van der Waals surface area contributed by atoms with Crippen LogP contribution in [0.3, 0.4) is 0 Å². The highest BCUT2D eigenvalue weighted by Crippen LogP contribution is 2.36. The molecule has 4 heterocycles. The first-order valence-corrected chi connectivity index (χ1v) is 14.8. The molecule has 0 unspecified atom stereocenters. The first kappa shape index (κ1) is 30.1. The average Bonchev–Trinajstić information content (AvgIpc) is 3.44. The van der Waals surface area contributed by atoms with Gasteiger partial charge in [-0.2, -0.15) is 4.68 Å². The molecule has 5 rings (SSSR count). The third kappa shape index (κ3) is 5.77. The van der Waals surface area contributed by atoms with Gasteiger partial charge >= 0.3 is 0 Å². The summed E-state index contributed by atoms with van der Waals surface area (Å²) in [6, 6.07) is 3.58. The monoisotopic (exact) mass is 614 g/mol. The van der Waals surface area contributed by atoms with Crippen LogP contribution in [0.2, 0.25) is 10.2 Å². The van der Waals surface area contributed by atoms with Crippen LogP contribution in [0.4, 0.5) is 5.82 Å². The summed E-state index contributed by atoms with van der Waals surface area (Å²) in [6.07, 6.45) is 2.88. The summed E-state index contributed by atoms with van der Waals surface area (Å²) in [4.78, 5) is 44.0. The van der Waals surface area contributed by atoms with Gasteiger partial charge in [-0.3, -0.25) is 14.4 Å². The van der Waals surface area contributed by atoms with Crippen molar-refractivity contribution in [1.82, 2.24) is 34.9 Å². The molecule has 0 aliphatic carbocycles. The number of fused-ring (bicyclic) bond motifs is 1. The number of piperidine rings is 1. The number of rotatable bonds is 7. The van der Waals surface area contributed by atoms with Gasteiger partial charge in [0.1, 0.15) is 11.5 Å². The smallest absolute Gasteiger partial charge is 0.271 e. The van der Waals surface area contributed by atoms with Gasteiger partial charge in [0.15, 0.2) is 11.0 Å². The zero-order valence-corrected chi connectivity index (χ0v) is 25.8. The number of aromatic nitrogens is 4. The number of likely N-dealkylation sites (tertiary alicyclic amines) is 1. The van der Waals surface area contributed by atoms with Gasteiger partial charge in [-0.15, -0.1) is 5.10 Å². The van der Waals surface area contributed by atoms with Crippen molar-refractivity contribution in [2.24, 2.45) is 0 Å². The number of nitrogens with one attached hydrogen (secondary N) is 3. The Morgan fingerprint density at radius 2 is 1.86 bits per heavy atom. The number of amides is 2. The largest absolute Gasteiger partial charge is 0.361 e. The summed E-state index contributed by atoms with van der Waals surface area (Å²) >= 11 is 13.2. The van der Waals surface area contributed by atoms with E-state index in [0.717, 1.165) is 36.9 Å². The Balaban J connectivity index is 1.46. The second kappa shape index (κ2) is 11.7. The van der Waals surface area contributed by atoms with E-state index < -0.39 is 0 Å². The molecule has 3 N–H and O–H groups in total. The molecule has 224 valence electrons. The first-order valence-electron chi connectivity index (χ1n) is 14.1. The van der Waals surface area contributed by atoms with Crippen LogP contribution in [-0.2, 0) is 16.8 Å². The normalized spacial score (nSPS) is 16.4. The molecule has 0 atom stereocenters. The van der Waals surface area contributed by atoms with Crippen LogP contribution in [0.15, 0.2) is 24.8 Å². The highest BCUT2D eigenvalue weighted by molar-refractivity contribution is 6.33. The van der Waals surface area contributed by atoms with E-state index in [1.807, 2.05) is 10.6 Å². The molecule has 2 aliphatic rings. The topological polar surface area (TPSA) is 126 Å². The van der Waals surface area contributed by atoms with E-state index in [4.69, 9.17) is 23.2 Å². The van der Waals surface area contributed by atoms with Crippen LogP contribution in [0.5, 0.6) is 0 Å². The van der Waals surface area contributed by atoms with Crippen LogP contribution in [0.1, 0.15) is 73.2 Å². The number of carbonyl (C=O) groups is 3. The van der Waals surface area contributed by atoms with Gasteiger partial charge in [0.05, 0.1) is 18.1 Å². The molecule has 0 saturated carbocycles. The molecule has 13 heteroatoms. The Morgan fingerprint density at radius 3 is 2.48 bits per heavy atom. The van der Waals surface area contributed by atoms with Crippen molar-refractivity contribution in [3.8, 4) is 0 Å². The molecule has 2 fully saturated rings. The summed E-state index contributed by atoms with van der Waals surface area (Å²) in [7, 11) is 0. The predicted octanol–water partition coefficient (Wildman–Crippen LogP) is 4.16. The van der Waals surface area contributed by atoms with E-state index in [2.05, 4.69) is 53.4 Å². The Bertz CT molecular complexity index is 1560. The van der Waals surface area contributed by atoms with Crippen molar-refractivity contribution in [3.63, 3.8) is 0 Å². The third-order valence-corrected chi connectivity index (χ3v) is 8.40. The van der Waals surface area contributed by atoms with Gasteiger partial charge in [-0.1, -0.05) is 50.6 Å². The van der Waals surface area contributed by atoms with E-state index >= 15 is 0 Å². The van der Waals surface area contributed by atoms with Gasteiger partial charge in [0.2, 0.25) is 11.8 Å². The van der Waals surface area contributed by atoms with Gasteiger partial charge in [-0.25, -0.2) is 4.98 Å². The lowest BCUT2D eigenvalue weighted by atomic mass is 9.86. The highest BCUT2D eigenvalue weighted by atomic mass is 35.5. The standard InChI is InChI=1S/C29H36Cl2N8O3/c1-6-24(41)37-14-17(15-37)34-28(42)25-26(31)35-23(38(25)18-7-9-32-10-8-18)13-33-27-19-11-20(29(3,4)5)21(30)12-22(19)39(36-27)16(2)40/h6,11-12,17-18,32H,1,7-10,13-15H2,2-5H3,(H,33,36)(H,34,42). The number of hydrogen-bond donors (Lipinski definition) is 3. The number of benzene rings is 1. The maximum absolute atomic E-state index is 13.5. The number of halogens is 2. The maximum Gasteiger partial charge on any atom is 0.271 e. The van der Waals surface area contributed by atoms with Gasteiger partial charge in [0, 0.05) is 36.5 Å². The minimum absolute atomic E-state index is 0.0156. The predicted molar refractivity (Wildman–Crippen MR) is 163 cm³/mol. The molecule has 0 bridgehead atoms. The van der Waals surface area contributed by atoms with Crippen molar-refractivity contribution in [2.75, 3.05) is 31.5 Å². The van der Waals surface area contributed by atoms with E-state index in [9.17, 15) is 14.4 Å². The molecule has 2 aromatic heterocycles. The fraction of sp³-hybridized carbons (Fsp3) is 0.483. The minimum atomic E-state index is -0.330. The molecule has 2 aliphatic heterocycles. The lowest BCUT2D eigenvalue weighted by Crippen LogP contribution is -2.60. The van der Waals surface area contributed by atoms with Gasteiger partial charge in [-0.05, 0) is 55.1 Å². The third-order valence-electron chi connectivity index (χ3n) is 7.82. The van der Waals surface area contributed by atoms with Crippen molar-refractivity contribution >= 4 is 57.6 Å². The highest BCUT2D eigenvalue weighted by Gasteiger charge is 2.34. The summed E-state index contributed by atoms with van der Waals surface area (Å²) < 4.78 is 3.26. The van der Waals surface area contributed by atoms with Gasteiger partial charge < -0.3 is 25.4 Å². The van der Waals surface area contributed by atoms with E-state index in [1.54, 1.807) is 11.0 Å². The maximum atomic E-state index is 13.5. The van der Waals surface area contributed by atoms with E-state index in [-0.39, 0.29) is 46.9 Å². The van der Waals surface area contributed by atoms with Crippen LogP contribution in [0, 0.1) is 0 Å². The number of imidazole rings is 1. The SMILES string of the molecule is C=CC(=O)N1CC(NC(=O)c2c(Cl)nc(CNc3nn(C(C)=O)c4cc(Cl)c(C(C)(C)C)cc34)n2C2CCNCC2)C1. The Kier molecular flexibility index (Phi) is 8.37. The fourth-order valence-electron chi connectivity index (χ4n) is 5.61. The average molecular weight is 616 g/mol. The lowest BCUT2D eigenvalue weighted by Gasteiger charge is -2.39. The van der Waals surface area contributed by atoms with Crippen molar-refractivity contribution in [3.05, 3.63) is 52.0 Å². The zero-order chi connectivity index (χ0) is 30.3. The molecule has 0 spiro atoms. The Labute approximate surface area is 254 Å². The fourth-order valence-corrected chi connectivity index (χ4v) is 6.33. The Hall–Kier alpha value is -3.41. The molecule has 1 aromatic carbocycles. The van der Waals surface area contributed by atoms with Crippen molar-refractivity contribution < 1.29 is 14.4 Å². The van der Waals surface area contributed by atoms with Crippen molar-refractivity contribution in [2.45, 2.75) is 64.6 Å². The number of nitrogens with zero attached hydrogens (tertiary/aromatic N) is 5. The second-order valence-corrected chi connectivity index (χ2v) is 12.6. The van der Waals surface area contributed by atoms with Crippen LogP contribution in [-0.4, -0.2) is 74.2 Å². The van der Waals surface area contributed by atoms with E-state index in [0.29, 0.717) is 41.0 Å². The van der Waals surface area contributed by atoms with E-state index in [1.165, 1.54) is 17.7 Å². The molecular weight excluding hydrogens is 579 g/mol. The lowest BCUT2D eigenvalue weighted by molar-refractivity contribution is -0.130. The summed E-state index contributed by atoms with van der Waals surface area (Å²) in [5, 5.41) is 15.7. The van der Waals surface area contributed by atoms with Crippen LogP contribution in [0.25, 0.3) is 10.9 Å². The van der Waals surface area contributed by atoms with Crippen molar-refractivity contribution in [1.29, 1.82) is 0 Å². The van der Waals surface area contributed by atoms with Crippen LogP contribution >= 0.6 is 23.2 Å². The first-order chi connectivity index (χ1) is 19.9. The number of anilines is 1. The molecule has 3 aromatic rings. The molecule has 42 heavy (non-hydrogen) atoms. The summed E-state index contributed by atoms with van der Waals surface area (Å²) in [6.45, 7) is 13.8. The second-order valence-electron chi connectivity index (χ2n) is 11.9. The molecule has 2 amide bonds.